The van der Waals surface area contributed by atoms with Crippen LogP contribution in [0.4, 0.5) is 5.82 Å². The Bertz CT molecular complexity index is 1260. The number of fused-ring (bicyclic) bond motifs is 4. The molecule has 0 amide bonds. The van der Waals surface area contributed by atoms with E-state index in [1.165, 1.54) is 24.2 Å². The first kappa shape index (κ1) is 18.5. The van der Waals surface area contributed by atoms with Crippen molar-refractivity contribution in [3.8, 4) is 11.1 Å². The number of aliphatic hydroxyl groups is 1. The van der Waals surface area contributed by atoms with Crippen molar-refractivity contribution in [3.05, 3.63) is 34.6 Å². The van der Waals surface area contributed by atoms with E-state index in [2.05, 4.69) is 14.9 Å². The molecule has 4 N–H and O–H groups in total. The molecule has 0 aliphatic carbocycles. The number of benzene rings is 1. The molecule has 0 saturated carbocycles. The summed E-state index contributed by atoms with van der Waals surface area (Å²) in [5.41, 5.74) is 10.4. The first-order chi connectivity index (χ1) is 14.6. The van der Waals surface area contributed by atoms with Crippen LogP contribution in [-0.4, -0.2) is 43.2 Å². The first-order valence-electron chi connectivity index (χ1n) is 10.2. The standard InChI is InChI=1S/C21H21ClN6OS/c22-18-13(3-4-15-20(18)30-17(9-29)26-15)14-7-25-21-19(14)24-8-16(27-21)28-11-1-2-12(28)6-10(23)5-11/h3-4,7-8,10-12,29H,1-2,5-6,9,23H2,(H,25,27)/t10?,11-,12+. The minimum absolute atomic E-state index is 0.0876. The van der Waals surface area contributed by atoms with E-state index in [0.29, 0.717) is 28.2 Å². The zero-order valence-corrected chi connectivity index (χ0v) is 17.7. The highest BCUT2D eigenvalue weighted by Gasteiger charge is 2.40. The fourth-order valence-electron chi connectivity index (χ4n) is 5.09. The van der Waals surface area contributed by atoms with E-state index in [4.69, 9.17) is 27.3 Å². The zero-order valence-electron chi connectivity index (χ0n) is 16.2. The molecule has 2 aliphatic heterocycles. The number of nitrogens with two attached hydrogens (primary N) is 1. The Morgan fingerprint density at radius 1 is 1.20 bits per heavy atom. The van der Waals surface area contributed by atoms with Gasteiger partial charge in [0, 0.05) is 35.4 Å². The van der Waals surface area contributed by atoms with Crippen LogP contribution in [0.2, 0.25) is 5.02 Å². The predicted octanol–water partition coefficient (Wildman–Crippen LogP) is 3.84. The molecule has 3 aromatic heterocycles. The maximum Gasteiger partial charge on any atom is 0.159 e. The summed E-state index contributed by atoms with van der Waals surface area (Å²) in [4.78, 5) is 19.8. The average molecular weight is 441 g/mol. The lowest BCUT2D eigenvalue weighted by molar-refractivity contribution is 0.281. The lowest BCUT2D eigenvalue weighted by atomic mass is 9.98. The van der Waals surface area contributed by atoms with E-state index in [1.54, 1.807) is 0 Å². The van der Waals surface area contributed by atoms with Crippen LogP contribution in [0.25, 0.3) is 32.5 Å². The number of nitrogens with one attached hydrogen (secondary N) is 1. The molecule has 1 aromatic carbocycles. The normalized spacial score (nSPS) is 23.7. The third-order valence-corrected chi connectivity index (χ3v) is 7.95. The summed E-state index contributed by atoms with van der Waals surface area (Å²) in [6.07, 6.45) is 8.18. The molecule has 30 heavy (non-hydrogen) atoms. The van der Waals surface area contributed by atoms with Crippen molar-refractivity contribution in [3.63, 3.8) is 0 Å². The SMILES string of the molecule is NC1C[C@H]2CC[C@@H](C1)N2c1cnc2c(-c3ccc4nc(CO)sc4c3Cl)c[nH]c2n1. The molecule has 2 fully saturated rings. The Labute approximate surface area is 181 Å². The number of anilines is 1. The number of hydrogen-bond acceptors (Lipinski definition) is 7. The van der Waals surface area contributed by atoms with Crippen LogP contribution in [0.3, 0.4) is 0 Å². The number of rotatable bonds is 3. The van der Waals surface area contributed by atoms with E-state index in [1.807, 2.05) is 24.5 Å². The van der Waals surface area contributed by atoms with E-state index >= 15 is 0 Å². The largest absolute Gasteiger partial charge is 0.389 e. The highest BCUT2D eigenvalue weighted by molar-refractivity contribution is 7.19. The second-order valence-electron chi connectivity index (χ2n) is 8.19. The molecule has 1 unspecified atom stereocenters. The lowest BCUT2D eigenvalue weighted by Crippen LogP contribution is -2.47. The number of aromatic nitrogens is 4. The predicted molar refractivity (Wildman–Crippen MR) is 120 cm³/mol. The van der Waals surface area contributed by atoms with Gasteiger partial charge in [-0.3, -0.25) is 0 Å². The van der Waals surface area contributed by atoms with Crippen LogP contribution in [0.1, 0.15) is 30.7 Å². The molecule has 4 aromatic rings. The van der Waals surface area contributed by atoms with Crippen molar-refractivity contribution in [2.75, 3.05) is 4.90 Å². The average Bonchev–Trinajstić information content (AvgIpc) is 3.42. The molecule has 6 rings (SSSR count). The highest BCUT2D eigenvalue weighted by Crippen LogP contribution is 2.41. The van der Waals surface area contributed by atoms with Gasteiger partial charge in [0.15, 0.2) is 5.65 Å². The molecular weight excluding hydrogens is 420 g/mol. The van der Waals surface area contributed by atoms with Crippen LogP contribution >= 0.6 is 22.9 Å². The van der Waals surface area contributed by atoms with Crippen molar-refractivity contribution in [2.24, 2.45) is 5.73 Å². The van der Waals surface area contributed by atoms with E-state index in [0.717, 1.165) is 51.2 Å². The molecular formula is C21H21ClN6OS. The fraction of sp³-hybridized carbons (Fsp3) is 0.381. The van der Waals surface area contributed by atoms with E-state index in [9.17, 15) is 5.11 Å². The summed E-state index contributed by atoms with van der Waals surface area (Å²) in [5.74, 6) is 0.923. The third kappa shape index (κ3) is 2.75. The Balaban J connectivity index is 1.41. The highest BCUT2D eigenvalue weighted by atomic mass is 35.5. The van der Waals surface area contributed by atoms with Gasteiger partial charge in [0.05, 0.1) is 28.0 Å². The van der Waals surface area contributed by atoms with Crippen LogP contribution in [0.15, 0.2) is 24.5 Å². The molecule has 7 nitrogen and oxygen atoms in total. The summed E-state index contributed by atoms with van der Waals surface area (Å²) in [6.45, 7) is -0.0876. The maximum absolute atomic E-state index is 9.38. The van der Waals surface area contributed by atoms with Crippen molar-refractivity contribution < 1.29 is 5.11 Å². The van der Waals surface area contributed by atoms with Gasteiger partial charge < -0.3 is 20.7 Å². The van der Waals surface area contributed by atoms with Gasteiger partial charge in [-0.05, 0) is 31.7 Å². The molecule has 0 radical (unpaired) electrons. The molecule has 5 heterocycles. The van der Waals surface area contributed by atoms with Crippen LogP contribution in [-0.2, 0) is 6.61 Å². The summed E-state index contributed by atoms with van der Waals surface area (Å²) in [7, 11) is 0. The summed E-state index contributed by atoms with van der Waals surface area (Å²) < 4.78 is 0.873. The summed E-state index contributed by atoms with van der Waals surface area (Å²) >= 11 is 8.14. The second-order valence-corrected chi connectivity index (χ2v) is 9.65. The Morgan fingerprint density at radius 3 is 2.77 bits per heavy atom. The van der Waals surface area contributed by atoms with E-state index < -0.39 is 0 Å². The number of H-pyrrole nitrogens is 1. The van der Waals surface area contributed by atoms with Crippen molar-refractivity contribution in [1.29, 1.82) is 0 Å². The molecule has 2 aliphatic rings. The number of nitrogens with zero attached hydrogens (tertiary/aromatic N) is 4. The number of piperidine rings is 1. The van der Waals surface area contributed by atoms with Gasteiger partial charge in [-0.2, -0.15) is 0 Å². The number of aromatic amines is 1. The van der Waals surface area contributed by atoms with Gasteiger partial charge in [0.1, 0.15) is 16.3 Å². The monoisotopic (exact) mass is 440 g/mol. The smallest absolute Gasteiger partial charge is 0.159 e. The van der Waals surface area contributed by atoms with Crippen molar-refractivity contribution in [1.82, 2.24) is 19.9 Å². The van der Waals surface area contributed by atoms with Gasteiger partial charge in [-0.1, -0.05) is 17.7 Å². The molecule has 2 saturated heterocycles. The first-order valence-corrected chi connectivity index (χ1v) is 11.4. The molecule has 0 spiro atoms. The fourth-order valence-corrected chi connectivity index (χ4v) is 6.33. The van der Waals surface area contributed by atoms with Gasteiger partial charge in [-0.15, -0.1) is 11.3 Å². The Hall–Kier alpha value is -2.26. The van der Waals surface area contributed by atoms with Crippen LogP contribution in [0, 0.1) is 0 Å². The van der Waals surface area contributed by atoms with Gasteiger partial charge in [-0.25, -0.2) is 15.0 Å². The topological polar surface area (TPSA) is 104 Å². The summed E-state index contributed by atoms with van der Waals surface area (Å²) in [5, 5.41) is 10.7. The number of thiazole rings is 1. The lowest BCUT2D eigenvalue weighted by Gasteiger charge is -2.38. The van der Waals surface area contributed by atoms with Gasteiger partial charge in [0.2, 0.25) is 0 Å². The maximum atomic E-state index is 9.38. The number of hydrogen-bond donors (Lipinski definition) is 3. The van der Waals surface area contributed by atoms with Crippen molar-refractivity contribution in [2.45, 2.75) is 50.4 Å². The van der Waals surface area contributed by atoms with Crippen LogP contribution in [0.5, 0.6) is 0 Å². The van der Waals surface area contributed by atoms with Gasteiger partial charge >= 0.3 is 0 Å². The molecule has 2 bridgehead atoms. The Kier molecular flexibility index (Phi) is 4.24. The minimum Gasteiger partial charge on any atom is -0.389 e. The minimum atomic E-state index is -0.0876. The molecule has 3 atom stereocenters. The summed E-state index contributed by atoms with van der Waals surface area (Å²) in [6, 6.07) is 5.10. The number of halogens is 1. The zero-order chi connectivity index (χ0) is 20.4. The van der Waals surface area contributed by atoms with E-state index in [-0.39, 0.29) is 6.61 Å². The molecule has 154 valence electrons. The Morgan fingerprint density at radius 2 is 2.00 bits per heavy atom. The van der Waals surface area contributed by atoms with Crippen LogP contribution < -0.4 is 10.6 Å². The molecule has 9 heteroatoms. The van der Waals surface area contributed by atoms with Crippen molar-refractivity contribution >= 4 is 50.1 Å². The third-order valence-electron chi connectivity index (χ3n) is 6.37. The quantitative estimate of drug-likeness (QED) is 0.447. The number of aliphatic hydroxyl groups excluding tert-OH is 1. The second kappa shape index (κ2) is 6.88. The van der Waals surface area contributed by atoms with Gasteiger partial charge in [0.25, 0.3) is 0 Å².